The fraction of sp³-hybridized carbons (Fsp3) is 0.520. The summed E-state index contributed by atoms with van der Waals surface area (Å²) in [5.74, 6) is 0.654. The Balaban J connectivity index is 1.70. The molecular weight excluding hydrogens is 428 g/mol. The zero-order valence-electron chi connectivity index (χ0n) is 19.6. The number of rotatable bonds is 7. The summed E-state index contributed by atoms with van der Waals surface area (Å²) in [6.07, 6.45) is -4.14. The second-order valence-corrected chi connectivity index (χ2v) is 8.59. The summed E-state index contributed by atoms with van der Waals surface area (Å²) >= 11 is 0. The van der Waals surface area contributed by atoms with Crippen molar-refractivity contribution >= 4 is 0 Å². The largest absolute Gasteiger partial charge is 0.497 e. The highest BCUT2D eigenvalue weighted by Crippen LogP contribution is 2.38. The Morgan fingerprint density at radius 2 is 1.45 bits per heavy atom. The molecule has 0 saturated carbocycles. The van der Waals surface area contributed by atoms with Gasteiger partial charge >= 0.3 is 0 Å². The number of fused-ring (bicyclic) bond motifs is 1. The van der Waals surface area contributed by atoms with Crippen LogP contribution in [0.3, 0.4) is 0 Å². The first-order valence-electron chi connectivity index (χ1n) is 11.0. The summed E-state index contributed by atoms with van der Waals surface area (Å²) in [5, 5.41) is 11.1. The minimum absolute atomic E-state index is 0.305. The smallest absolute Gasteiger partial charge is 0.186 e. The molecule has 0 unspecified atom stereocenters. The highest BCUT2D eigenvalue weighted by molar-refractivity contribution is 5.37. The van der Waals surface area contributed by atoms with Crippen LogP contribution in [0.1, 0.15) is 31.1 Å². The first-order chi connectivity index (χ1) is 15.8. The Hall–Kier alpha value is -2.20. The van der Waals surface area contributed by atoms with E-state index in [4.69, 9.17) is 33.2 Å². The van der Waals surface area contributed by atoms with Crippen molar-refractivity contribution in [3.63, 3.8) is 0 Å². The van der Waals surface area contributed by atoms with Crippen molar-refractivity contribution in [1.82, 2.24) is 0 Å². The molecule has 4 rings (SSSR count). The summed E-state index contributed by atoms with van der Waals surface area (Å²) in [5.41, 5.74) is 1.80. The van der Waals surface area contributed by atoms with Crippen molar-refractivity contribution in [2.75, 3.05) is 27.9 Å². The Bertz CT molecular complexity index is 850. The van der Waals surface area contributed by atoms with Gasteiger partial charge in [-0.05, 0) is 49.2 Å². The lowest BCUT2D eigenvalue weighted by molar-refractivity contribution is -0.385. The average molecular weight is 461 g/mol. The summed E-state index contributed by atoms with van der Waals surface area (Å²) in [6.45, 7) is 3.97. The van der Waals surface area contributed by atoms with Crippen molar-refractivity contribution in [3.8, 4) is 11.5 Å². The number of hydrogen-bond acceptors (Lipinski definition) is 8. The molecule has 0 amide bonds. The molecule has 5 atom stereocenters. The fourth-order valence-electron chi connectivity index (χ4n) is 4.23. The second-order valence-electron chi connectivity index (χ2n) is 8.59. The van der Waals surface area contributed by atoms with Gasteiger partial charge in [0.25, 0.3) is 0 Å². The van der Waals surface area contributed by atoms with Crippen molar-refractivity contribution in [3.05, 3.63) is 59.7 Å². The third-order valence-electron chi connectivity index (χ3n) is 5.99. The normalized spacial score (nSPS) is 28.9. The molecule has 8 nitrogen and oxygen atoms in total. The maximum atomic E-state index is 11.1. The maximum Gasteiger partial charge on any atom is 0.186 e. The molecule has 2 saturated heterocycles. The molecule has 1 N–H and O–H groups in total. The van der Waals surface area contributed by atoms with Crippen LogP contribution in [0.15, 0.2) is 48.5 Å². The van der Waals surface area contributed by atoms with Crippen LogP contribution < -0.4 is 9.47 Å². The van der Waals surface area contributed by atoms with Crippen molar-refractivity contribution in [2.24, 2.45) is 0 Å². The molecule has 8 heteroatoms. The Morgan fingerprint density at radius 1 is 0.909 bits per heavy atom. The number of ether oxygens (including phenoxy) is 7. The molecule has 0 aromatic heterocycles. The molecular formula is C25H32O8. The van der Waals surface area contributed by atoms with E-state index in [9.17, 15) is 5.11 Å². The second kappa shape index (κ2) is 9.97. The number of benzene rings is 2. The number of hydrogen-bond donors (Lipinski definition) is 1. The lowest BCUT2D eigenvalue weighted by Gasteiger charge is -2.50. The molecule has 0 bridgehead atoms. The van der Waals surface area contributed by atoms with E-state index in [1.54, 1.807) is 14.2 Å². The lowest BCUT2D eigenvalue weighted by atomic mass is 9.95. The van der Waals surface area contributed by atoms with Crippen LogP contribution in [0.2, 0.25) is 0 Å². The molecule has 180 valence electrons. The van der Waals surface area contributed by atoms with E-state index in [-0.39, 0.29) is 0 Å². The summed E-state index contributed by atoms with van der Waals surface area (Å²) in [4.78, 5) is 0. The quantitative estimate of drug-likeness (QED) is 0.675. The van der Waals surface area contributed by atoms with Crippen LogP contribution in [0.5, 0.6) is 11.5 Å². The number of aliphatic hydroxyl groups is 1. The first kappa shape index (κ1) is 23.9. The third-order valence-corrected chi connectivity index (χ3v) is 5.99. The zero-order valence-corrected chi connectivity index (χ0v) is 19.6. The number of aliphatic hydroxyl groups excluding tert-OH is 1. The maximum absolute atomic E-state index is 11.1. The molecule has 33 heavy (non-hydrogen) atoms. The Morgan fingerprint density at radius 3 is 1.94 bits per heavy atom. The minimum atomic E-state index is -1.07. The first-order valence-corrected chi connectivity index (χ1v) is 11.0. The highest BCUT2D eigenvalue weighted by Gasteiger charge is 2.52. The van der Waals surface area contributed by atoms with Gasteiger partial charge in [-0.1, -0.05) is 24.3 Å². The monoisotopic (exact) mass is 460 g/mol. The zero-order chi connectivity index (χ0) is 23.6. The molecule has 2 fully saturated rings. The van der Waals surface area contributed by atoms with E-state index in [0.29, 0.717) is 6.61 Å². The summed E-state index contributed by atoms with van der Waals surface area (Å²) in [6, 6.07) is 15.3. The Labute approximate surface area is 194 Å². The van der Waals surface area contributed by atoms with Crippen LogP contribution in [0.25, 0.3) is 0 Å². The van der Waals surface area contributed by atoms with Gasteiger partial charge in [0.1, 0.15) is 42.0 Å². The summed E-state index contributed by atoms with van der Waals surface area (Å²) in [7, 11) is 4.74. The van der Waals surface area contributed by atoms with Gasteiger partial charge < -0.3 is 38.3 Å². The SMILES string of the molecule is COc1ccc(C(O[C@@H]2[C@H](O)[C@@H](OC)O[C@@H]3COC(C)(C)O[C@@H]23)c2ccc(OC)cc2)cc1. The van der Waals surface area contributed by atoms with E-state index >= 15 is 0 Å². The molecule has 2 aliphatic rings. The van der Waals surface area contributed by atoms with Crippen LogP contribution in [-0.4, -0.2) is 69.5 Å². The van der Waals surface area contributed by atoms with E-state index < -0.39 is 42.6 Å². The van der Waals surface area contributed by atoms with Crippen molar-refractivity contribution in [2.45, 2.75) is 56.4 Å². The lowest BCUT2D eigenvalue weighted by Crippen LogP contribution is -2.65. The van der Waals surface area contributed by atoms with E-state index in [1.165, 1.54) is 7.11 Å². The van der Waals surface area contributed by atoms with Crippen molar-refractivity contribution in [1.29, 1.82) is 0 Å². The topological polar surface area (TPSA) is 84.8 Å². The molecule has 0 spiro atoms. The molecule has 0 aliphatic carbocycles. The van der Waals surface area contributed by atoms with E-state index in [0.717, 1.165) is 22.6 Å². The highest BCUT2D eigenvalue weighted by atomic mass is 16.8. The van der Waals surface area contributed by atoms with Gasteiger partial charge in [0.05, 0.1) is 20.8 Å². The number of methoxy groups -OCH3 is 3. The standard InChI is InChI=1S/C25H32O8/c1-25(2)30-14-19-22(33-25)23(20(26)24(29-5)31-19)32-21(15-6-10-17(27-3)11-7-15)16-8-12-18(28-4)13-9-16/h6-13,19-24,26H,14H2,1-5H3/t19-,20+,22-,23-,24+/m1/s1. The van der Waals surface area contributed by atoms with Gasteiger partial charge in [-0.25, -0.2) is 0 Å². The molecule has 0 radical (unpaired) electrons. The van der Waals surface area contributed by atoms with Crippen LogP contribution in [0, 0.1) is 0 Å². The molecule has 2 aromatic rings. The van der Waals surface area contributed by atoms with Crippen LogP contribution in [-0.2, 0) is 23.7 Å². The van der Waals surface area contributed by atoms with E-state index in [1.807, 2.05) is 62.4 Å². The average Bonchev–Trinajstić information content (AvgIpc) is 2.83. The summed E-state index contributed by atoms with van der Waals surface area (Å²) < 4.78 is 40.5. The third kappa shape index (κ3) is 5.16. The minimum Gasteiger partial charge on any atom is -0.497 e. The fourth-order valence-corrected chi connectivity index (χ4v) is 4.23. The van der Waals surface area contributed by atoms with Gasteiger partial charge in [0, 0.05) is 7.11 Å². The van der Waals surface area contributed by atoms with Crippen LogP contribution in [0.4, 0.5) is 0 Å². The predicted octanol–water partition coefficient (Wildman–Crippen LogP) is 3.06. The molecule has 2 heterocycles. The Kier molecular flexibility index (Phi) is 7.23. The van der Waals surface area contributed by atoms with Gasteiger partial charge in [-0.15, -0.1) is 0 Å². The van der Waals surface area contributed by atoms with Crippen LogP contribution >= 0.6 is 0 Å². The van der Waals surface area contributed by atoms with E-state index in [2.05, 4.69) is 0 Å². The van der Waals surface area contributed by atoms with Gasteiger partial charge in [-0.2, -0.15) is 0 Å². The van der Waals surface area contributed by atoms with Gasteiger partial charge in [0.2, 0.25) is 0 Å². The van der Waals surface area contributed by atoms with Gasteiger partial charge in [-0.3, -0.25) is 0 Å². The van der Waals surface area contributed by atoms with Crippen molar-refractivity contribution < 1.29 is 38.3 Å². The van der Waals surface area contributed by atoms with Gasteiger partial charge in [0.15, 0.2) is 12.1 Å². The molecule has 2 aromatic carbocycles. The molecule has 2 aliphatic heterocycles. The predicted molar refractivity (Wildman–Crippen MR) is 119 cm³/mol.